The Morgan fingerprint density at radius 1 is 1.24 bits per heavy atom. The average Bonchev–Trinajstić information content (AvgIpc) is 3.37. The van der Waals surface area contributed by atoms with Gasteiger partial charge in [0.1, 0.15) is 23.8 Å². The number of carbonyl (C=O) groups is 1. The van der Waals surface area contributed by atoms with Crippen molar-refractivity contribution in [1.29, 1.82) is 0 Å². The molecule has 0 spiro atoms. The van der Waals surface area contributed by atoms with Gasteiger partial charge in [-0.15, -0.1) is 0 Å². The van der Waals surface area contributed by atoms with Gasteiger partial charge in [0.05, 0.1) is 41.3 Å². The number of carbonyl (C=O) groups excluding carboxylic acids is 1. The maximum absolute atomic E-state index is 14.3. The normalized spacial score (nSPS) is 26.3. The lowest BCUT2D eigenvalue weighted by molar-refractivity contribution is 0.0531. The SMILES string of the molecule is Cc1nc2c3c(nn2cc1Cl)CN(C(=O)c1ccc(F)cc1OC1CC2CC(F)C(C1)N2C)C3. The Kier molecular flexibility index (Phi) is 5.04. The van der Waals surface area contributed by atoms with Crippen molar-refractivity contribution in [3.63, 3.8) is 0 Å². The third-order valence-electron chi connectivity index (χ3n) is 7.42. The Bertz CT molecular complexity index is 1310. The number of nitrogens with zero attached hydrogens (tertiary/aromatic N) is 5. The van der Waals surface area contributed by atoms with E-state index in [1.807, 2.05) is 14.0 Å². The average molecular weight is 488 g/mol. The molecule has 5 heterocycles. The van der Waals surface area contributed by atoms with Crippen LogP contribution < -0.4 is 4.74 Å². The van der Waals surface area contributed by atoms with Gasteiger partial charge < -0.3 is 9.64 Å². The van der Waals surface area contributed by atoms with E-state index in [0.717, 1.165) is 11.3 Å². The minimum Gasteiger partial charge on any atom is -0.489 e. The highest BCUT2D eigenvalue weighted by molar-refractivity contribution is 6.31. The summed E-state index contributed by atoms with van der Waals surface area (Å²) in [6.07, 6.45) is 2.22. The van der Waals surface area contributed by atoms with Crippen LogP contribution in [0.15, 0.2) is 24.4 Å². The van der Waals surface area contributed by atoms with E-state index in [4.69, 9.17) is 16.3 Å². The fourth-order valence-electron chi connectivity index (χ4n) is 5.56. The molecule has 2 aromatic heterocycles. The van der Waals surface area contributed by atoms with Gasteiger partial charge in [0.25, 0.3) is 5.91 Å². The molecule has 0 aliphatic carbocycles. The van der Waals surface area contributed by atoms with Gasteiger partial charge in [0.15, 0.2) is 5.65 Å². The van der Waals surface area contributed by atoms with Crippen LogP contribution in [0.3, 0.4) is 0 Å². The van der Waals surface area contributed by atoms with Gasteiger partial charge >= 0.3 is 0 Å². The van der Waals surface area contributed by atoms with Crippen molar-refractivity contribution in [1.82, 2.24) is 24.4 Å². The molecule has 1 aromatic carbocycles. The van der Waals surface area contributed by atoms with Gasteiger partial charge in [-0.3, -0.25) is 9.69 Å². The number of aryl methyl sites for hydroxylation is 1. The molecule has 0 saturated carbocycles. The number of halogens is 3. The van der Waals surface area contributed by atoms with Crippen LogP contribution in [0.2, 0.25) is 5.02 Å². The monoisotopic (exact) mass is 487 g/mol. The molecule has 3 aromatic rings. The lowest BCUT2D eigenvalue weighted by Crippen LogP contribution is -2.45. The molecule has 178 valence electrons. The molecule has 4 atom stereocenters. The molecule has 0 radical (unpaired) electrons. The Balaban J connectivity index is 1.25. The maximum Gasteiger partial charge on any atom is 0.258 e. The van der Waals surface area contributed by atoms with Crippen molar-refractivity contribution in [2.75, 3.05) is 7.05 Å². The highest BCUT2D eigenvalue weighted by Gasteiger charge is 2.46. The first-order valence-electron chi connectivity index (χ1n) is 11.4. The Morgan fingerprint density at radius 2 is 2.06 bits per heavy atom. The second kappa shape index (κ2) is 7.88. The summed E-state index contributed by atoms with van der Waals surface area (Å²) >= 11 is 6.16. The number of hydrogen-bond donors (Lipinski definition) is 0. The van der Waals surface area contributed by atoms with Gasteiger partial charge in [-0.1, -0.05) is 11.6 Å². The van der Waals surface area contributed by atoms with Crippen LogP contribution in [-0.2, 0) is 13.1 Å². The van der Waals surface area contributed by atoms with Crippen LogP contribution in [0.4, 0.5) is 8.78 Å². The van der Waals surface area contributed by atoms with Crippen molar-refractivity contribution in [3.8, 4) is 5.75 Å². The van der Waals surface area contributed by atoms with Gasteiger partial charge in [-0.25, -0.2) is 18.3 Å². The highest BCUT2D eigenvalue weighted by Crippen LogP contribution is 2.39. The smallest absolute Gasteiger partial charge is 0.258 e. The third-order valence-corrected chi connectivity index (χ3v) is 7.79. The van der Waals surface area contributed by atoms with Crippen molar-refractivity contribution < 1.29 is 18.3 Å². The quantitative estimate of drug-likeness (QED) is 0.560. The van der Waals surface area contributed by atoms with E-state index in [1.165, 1.54) is 18.2 Å². The summed E-state index contributed by atoms with van der Waals surface area (Å²) < 4.78 is 36.3. The lowest BCUT2D eigenvalue weighted by atomic mass is 10.00. The van der Waals surface area contributed by atoms with E-state index in [2.05, 4.69) is 15.0 Å². The first-order chi connectivity index (χ1) is 16.3. The van der Waals surface area contributed by atoms with Crippen LogP contribution in [0.25, 0.3) is 5.65 Å². The molecule has 1 amide bonds. The Morgan fingerprint density at radius 3 is 2.85 bits per heavy atom. The van der Waals surface area contributed by atoms with E-state index in [1.54, 1.807) is 15.6 Å². The summed E-state index contributed by atoms with van der Waals surface area (Å²) in [5.74, 6) is -0.547. The topological polar surface area (TPSA) is 63.0 Å². The molecule has 2 saturated heterocycles. The number of alkyl halides is 1. The number of benzene rings is 1. The number of hydrogen-bond acceptors (Lipinski definition) is 5. The van der Waals surface area contributed by atoms with E-state index in [0.29, 0.717) is 54.3 Å². The zero-order chi connectivity index (χ0) is 23.7. The Hall–Kier alpha value is -2.78. The number of piperidine rings is 1. The van der Waals surface area contributed by atoms with Crippen molar-refractivity contribution in [3.05, 3.63) is 57.8 Å². The summed E-state index contributed by atoms with van der Waals surface area (Å²) in [4.78, 5) is 21.7. The first-order valence-corrected chi connectivity index (χ1v) is 11.8. The van der Waals surface area contributed by atoms with Crippen LogP contribution >= 0.6 is 11.6 Å². The summed E-state index contributed by atoms with van der Waals surface area (Å²) in [6.45, 7) is 2.47. The molecular formula is C24H24ClF2N5O2. The number of amides is 1. The third kappa shape index (κ3) is 3.44. The van der Waals surface area contributed by atoms with Gasteiger partial charge in [0, 0.05) is 30.1 Å². The molecule has 34 heavy (non-hydrogen) atoms. The van der Waals surface area contributed by atoms with Crippen molar-refractivity contribution in [2.24, 2.45) is 0 Å². The number of aromatic nitrogens is 3. The zero-order valence-corrected chi connectivity index (χ0v) is 19.6. The molecule has 0 N–H and O–H groups in total. The van der Waals surface area contributed by atoms with Crippen molar-refractivity contribution in [2.45, 2.75) is 63.6 Å². The highest BCUT2D eigenvalue weighted by atomic mass is 35.5. The van der Waals surface area contributed by atoms with Gasteiger partial charge in [-0.05, 0) is 38.9 Å². The molecule has 4 unspecified atom stereocenters. The van der Waals surface area contributed by atoms with E-state index in [-0.39, 0.29) is 29.8 Å². The molecule has 3 aliphatic rings. The van der Waals surface area contributed by atoms with Gasteiger partial charge in [0.2, 0.25) is 0 Å². The largest absolute Gasteiger partial charge is 0.489 e. The molecule has 6 rings (SSSR count). The molecule has 3 aliphatic heterocycles. The summed E-state index contributed by atoms with van der Waals surface area (Å²) in [5.41, 5.74) is 3.29. The fourth-order valence-corrected chi connectivity index (χ4v) is 5.69. The summed E-state index contributed by atoms with van der Waals surface area (Å²) in [6, 6.07) is 3.86. The van der Waals surface area contributed by atoms with E-state index >= 15 is 0 Å². The zero-order valence-electron chi connectivity index (χ0n) is 18.8. The maximum atomic E-state index is 14.3. The van der Waals surface area contributed by atoms with Crippen LogP contribution in [0, 0.1) is 12.7 Å². The Labute approximate surface area is 200 Å². The number of ether oxygens (including phenoxy) is 1. The van der Waals surface area contributed by atoms with E-state index < -0.39 is 12.0 Å². The predicted octanol–water partition coefficient (Wildman–Crippen LogP) is 3.94. The lowest BCUT2D eigenvalue weighted by Gasteiger charge is -2.36. The first kappa shape index (κ1) is 21.7. The molecular weight excluding hydrogens is 464 g/mol. The van der Waals surface area contributed by atoms with Gasteiger partial charge in [-0.2, -0.15) is 5.10 Å². The second-order valence-corrected chi connectivity index (χ2v) is 9.93. The second-order valence-electron chi connectivity index (χ2n) is 9.52. The molecule has 10 heteroatoms. The standard InChI is InChI=1S/C24H24ClF2N5O2/c1-12-18(25)10-32-23(28-12)17-9-31(11-20(17)29-32)24(33)16-4-3-13(26)5-22(16)34-15-6-14-7-19(27)21(8-15)30(14)2/h3-5,10,14-15,19,21H,6-9,11H2,1-2H3. The van der Waals surface area contributed by atoms with Crippen molar-refractivity contribution >= 4 is 23.2 Å². The van der Waals surface area contributed by atoms with Crippen LogP contribution in [-0.4, -0.2) is 61.7 Å². The predicted molar refractivity (Wildman–Crippen MR) is 121 cm³/mol. The van der Waals surface area contributed by atoms with Crippen LogP contribution in [0.5, 0.6) is 5.75 Å². The van der Waals surface area contributed by atoms with Crippen LogP contribution in [0.1, 0.15) is 46.6 Å². The number of fused-ring (bicyclic) bond motifs is 5. The molecule has 7 nitrogen and oxygen atoms in total. The summed E-state index contributed by atoms with van der Waals surface area (Å²) in [5, 5.41) is 5.06. The molecule has 2 bridgehead atoms. The summed E-state index contributed by atoms with van der Waals surface area (Å²) in [7, 11) is 1.94. The van der Waals surface area contributed by atoms with E-state index in [9.17, 15) is 13.6 Å². The minimum absolute atomic E-state index is 0.0980. The molecule has 2 fully saturated rings. The number of rotatable bonds is 3. The fraction of sp³-hybridized carbons (Fsp3) is 0.458. The minimum atomic E-state index is -0.883.